The van der Waals surface area contributed by atoms with E-state index in [1.54, 1.807) is 26.0 Å². The molecule has 38 heavy (non-hydrogen) atoms. The Morgan fingerprint density at radius 3 is 2.05 bits per heavy atom. The third-order valence-corrected chi connectivity index (χ3v) is 7.70. The molecule has 0 heterocycles. The zero-order chi connectivity index (χ0) is 28.6. The number of nitrogens with zero attached hydrogens (tertiary/aromatic N) is 5. The Hall–Kier alpha value is -3.58. The molecule has 2 aromatic rings. The summed E-state index contributed by atoms with van der Waals surface area (Å²) in [6.07, 6.45) is 1.33. The second kappa shape index (κ2) is 13.3. The molecule has 0 aliphatic heterocycles. The lowest BCUT2D eigenvalue weighted by atomic mass is 10.1. The van der Waals surface area contributed by atoms with E-state index in [0.717, 1.165) is 6.07 Å². The van der Waals surface area contributed by atoms with Crippen LogP contribution in [0.4, 0.5) is 22.7 Å². The Bertz CT molecular complexity index is 1270. The van der Waals surface area contributed by atoms with Gasteiger partial charge in [-0.1, -0.05) is 47.6 Å². The van der Waals surface area contributed by atoms with Crippen molar-refractivity contribution in [2.45, 2.75) is 46.4 Å². The van der Waals surface area contributed by atoms with Gasteiger partial charge in [0.15, 0.2) is 0 Å². The maximum absolute atomic E-state index is 13.1. The molecule has 1 N–H and O–H groups in total. The lowest BCUT2D eigenvalue weighted by molar-refractivity contribution is -0.385. The third-order valence-electron chi connectivity index (χ3n) is 5.61. The number of non-ortho nitro benzene ring substituents is 1. The van der Waals surface area contributed by atoms with E-state index in [0.29, 0.717) is 36.2 Å². The maximum Gasteiger partial charge on any atom is 0.293 e. The number of benzene rings is 2. The zero-order valence-corrected chi connectivity index (χ0v) is 23.4. The fraction of sp³-hybridized carbons (Fsp3) is 0.480. The standard InChI is InChI=1S/C25H36N6O6S/c1-7-29(8-2)38(36,37)25-14-21(30(32)33)10-11-22(25)27-26-15-20-9-12-23(24(13-20)31(34)35)28(16-18(3)4)17-19(5)6/h9-15,18-19,27H,7-8,16-17H2,1-6H3/b26-15+. The lowest BCUT2D eigenvalue weighted by Gasteiger charge is -2.28. The van der Waals surface area contributed by atoms with Crippen molar-refractivity contribution in [2.24, 2.45) is 16.9 Å². The molecule has 2 aromatic carbocycles. The highest BCUT2D eigenvalue weighted by Gasteiger charge is 2.27. The minimum absolute atomic E-state index is 0.0462. The minimum Gasteiger partial charge on any atom is -0.365 e. The Balaban J connectivity index is 2.44. The number of anilines is 2. The molecule has 0 aliphatic rings. The van der Waals surface area contributed by atoms with Crippen LogP contribution in [0, 0.1) is 32.1 Å². The van der Waals surface area contributed by atoms with Crippen LogP contribution >= 0.6 is 0 Å². The molecule has 0 aliphatic carbocycles. The van der Waals surface area contributed by atoms with Crippen LogP contribution in [0.25, 0.3) is 0 Å². The van der Waals surface area contributed by atoms with Crippen LogP contribution in [-0.4, -0.2) is 55.0 Å². The van der Waals surface area contributed by atoms with Crippen LogP contribution in [0.5, 0.6) is 0 Å². The van der Waals surface area contributed by atoms with E-state index in [9.17, 15) is 28.6 Å². The number of hydrogen-bond acceptors (Lipinski definition) is 9. The highest BCUT2D eigenvalue weighted by atomic mass is 32.2. The van der Waals surface area contributed by atoms with Gasteiger partial charge in [-0.05, 0) is 24.0 Å². The number of rotatable bonds is 14. The van der Waals surface area contributed by atoms with Gasteiger partial charge in [0, 0.05) is 49.9 Å². The molecule has 0 saturated carbocycles. The molecule has 0 fully saturated rings. The van der Waals surface area contributed by atoms with Crippen LogP contribution < -0.4 is 10.3 Å². The zero-order valence-electron chi connectivity index (χ0n) is 22.6. The fourth-order valence-corrected chi connectivity index (χ4v) is 5.62. The van der Waals surface area contributed by atoms with Gasteiger partial charge in [0.1, 0.15) is 10.6 Å². The molecule has 0 saturated heterocycles. The van der Waals surface area contributed by atoms with E-state index in [2.05, 4.69) is 38.2 Å². The smallest absolute Gasteiger partial charge is 0.293 e. The summed E-state index contributed by atoms with van der Waals surface area (Å²) in [6.45, 7) is 13.3. The number of nitro groups is 2. The van der Waals surface area contributed by atoms with Crippen molar-refractivity contribution >= 4 is 39.0 Å². The summed E-state index contributed by atoms with van der Waals surface area (Å²) < 4.78 is 27.4. The van der Waals surface area contributed by atoms with Crippen molar-refractivity contribution in [1.29, 1.82) is 0 Å². The molecule has 2 rings (SSSR count). The summed E-state index contributed by atoms with van der Waals surface area (Å²) in [5.41, 5.74) is 3.20. The van der Waals surface area contributed by atoms with Crippen molar-refractivity contribution in [1.82, 2.24) is 4.31 Å². The number of nitrogens with one attached hydrogen (secondary N) is 1. The molecule has 0 amide bonds. The number of hydrazone groups is 1. The maximum atomic E-state index is 13.1. The number of nitro benzene ring substituents is 2. The minimum atomic E-state index is -4.04. The van der Waals surface area contributed by atoms with Gasteiger partial charge in [0.25, 0.3) is 11.4 Å². The summed E-state index contributed by atoms with van der Waals surface area (Å²) in [5.74, 6) is 0.615. The molecule has 0 aromatic heterocycles. The molecule has 0 unspecified atom stereocenters. The summed E-state index contributed by atoms with van der Waals surface area (Å²) in [7, 11) is -4.04. The quantitative estimate of drug-likeness (QED) is 0.194. The molecule has 12 nitrogen and oxygen atoms in total. The first-order chi connectivity index (χ1) is 17.8. The first-order valence-electron chi connectivity index (χ1n) is 12.4. The SMILES string of the molecule is CCN(CC)S(=O)(=O)c1cc([N+](=O)[O-])ccc1N/N=C/c1ccc(N(CC(C)C)CC(C)C)c([N+](=O)[O-])c1. The van der Waals surface area contributed by atoms with Crippen LogP contribution in [0.3, 0.4) is 0 Å². The molecular weight excluding hydrogens is 512 g/mol. The van der Waals surface area contributed by atoms with Crippen molar-refractivity contribution < 1.29 is 18.3 Å². The van der Waals surface area contributed by atoms with Crippen molar-refractivity contribution in [3.8, 4) is 0 Å². The molecule has 0 spiro atoms. The molecular formula is C25H36N6O6S. The highest BCUT2D eigenvalue weighted by Crippen LogP contribution is 2.31. The van der Waals surface area contributed by atoms with E-state index >= 15 is 0 Å². The van der Waals surface area contributed by atoms with Crippen LogP contribution in [0.2, 0.25) is 0 Å². The second-order valence-corrected chi connectivity index (χ2v) is 11.5. The fourth-order valence-electron chi connectivity index (χ4n) is 4.00. The molecule has 0 bridgehead atoms. The van der Waals surface area contributed by atoms with Gasteiger partial charge >= 0.3 is 0 Å². The van der Waals surface area contributed by atoms with Gasteiger partial charge in [-0.2, -0.15) is 9.41 Å². The van der Waals surface area contributed by atoms with E-state index in [-0.39, 0.29) is 35.0 Å². The van der Waals surface area contributed by atoms with Crippen LogP contribution in [0.15, 0.2) is 46.4 Å². The lowest BCUT2D eigenvalue weighted by Crippen LogP contribution is -2.31. The number of hydrogen-bond donors (Lipinski definition) is 1. The van der Waals surface area contributed by atoms with Crippen molar-refractivity contribution in [3.05, 3.63) is 62.2 Å². The van der Waals surface area contributed by atoms with Gasteiger partial charge in [0.05, 0.1) is 21.7 Å². The van der Waals surface area contributed by atoms with Gasteiger partial charge in [-0.25, -0.2) is 8.42 Å². The van der Waals surface area contributed by atoms with Crippen molar-refractivity contribution in [3.63, 3.8) is 0 Å². The summed E-state index contributed by atoms with van der Waals surface area (Å²) in [6, 6.07) is 8.24. The highest BCUT2D eigenvalue weighted by molar-refractivity contribution is 7.89. The number of sulfonamides is 1. The molecule has 0 radical (unpaired) electrons. The Morgan fingerprint density at radius 2 is 1.55 bits per heavy atom. The summed E-state index contributed by atoms with van der Waals surface area (Å²) in [5, 5.41) is 27.2. The van der Waals surface area contributed by atoms with Gasteiger partial charge in [-0.15, -0.1) is 0 Å². The Morgan fingerprint density at radius 1 is 0.947 bits per heavy atom. The normalized spacial score (nSPS) is 12.0. The molecule has 0 atom stereocenters. The van der Waals surface area contributed by atoms with Crippen LogP contribution in [0.1, 0.15) is 47.1 Å². The summed E-state index contributed by atoms with van der Waals surface area (Å²) >= 11 is 0. The van der Waals surface area contributed by atoms with Crippen LogP contribution in [-0.2, 0) is 10.0 Å². The Labute approximate surface area is 223 Å². The Kier molecular flexibility index (Phi) is 10.7. The van der Waals surface area contributed by atoms with E-state index in [4.69, 9.17) is 0 Å². The largest absolute Gasteiger partial charge is 0.365 e. The van der Waals surface area contributed by atoms with E-state index in [1.807, 2.05) is 4.90 Å². The predicted octanol–water partition coefficient (Wildman–Crippen LogP) is 5.10. The average Bonchev–Trinajstić information content (AvgIpc) is 2.83. The average molecular weight is 549 g/mol. The van der Waals surface area contributed by atoms with E-state index in [1.165, 1.54) is 28.7 Å². The first-order valence-corrected chi connectivity index (χ1v) is 13.9. The molecule has 13 heteroatoms. The van der Waals surface area contributed by atoms with Gasteiger partial charge < -0.3 is 4.90 Å². The second-order valence-electron chi connectivity index (χ2n) is 9.59. The molecule has 208 valence electrons. The topological polar surface area (TPSA) is 151 Å². The van der Waals surface area contributed by atoms with Gasteiger partial charge in [0.2, 0.25) is 10.0 Å². The van der Waals surface area contributed by atoms with E-state index < -0.39 is 19.9 Å². The van der Waals surface area contributed by atoms with Crippen molar-refractivity contribution in [2.75, 3.05) is 36.5 Å². The first kappa shape index (κ1) is 30.6. The van der Waals surface area contributed by atoms with Gasteiger partial charge in [-0.3, -0.25) is 25.7 Å². The third kappa shape index (κ3) is 7.71. The summed E-state index contributed by atoms with van der Waals surface area (Å²) in [4.78, 5) is 23.8. The predicted molar refractivity (Wildman–Crippen MR) is 149 cm³/mol. The monoisotopic (exact) mass is 548 g/mol.